The number of anilines is 1. The molecule has 0 aliphatic carbocycles. The molecule has 3 aromatic rings. The van der Waals surface area contributed by atoms with Crippen LogP contribution in [0.1, 0.15) is 50.7 Å². The fraction of sp³-hybridized carbons (Fsp3) is 0.290. The molecule has 0 amide bonds. The van der Waals surface area contributed by atoms with Crippen molar-refractivity contribution in [2.24, 2.45) is 11.0 Å². The summed E-state index contributed by atoms with van der Waals surface area (Å²) in [5.74, 6) is -0.115. The van der Waals surface area contributed by atoms with Crippen LogP contribution in [0.3, 0.4) is 0 Å². The Labute approximate surface area is 214 Å². The molecule has 0 heterocycles. The third kappa shape index (κ3) is 8.12. The molecule has 188 valence electrons. The van der Waals surface area contributed by atoms with Gasteiger partial charge >= 0.3 is 5.97 Å². The van der Waals surface area contributed by atoms with Gasteiger partial charge in [0.25, 0.3) is 0 Å². The Morgan fingerprint density at radius 2 is 1.64 bits per heavy atom. The van der Waals surface area contributed by atoms with E-state index in [2.05, 4.69) is 30.3 Å². The molecule has 0 aliphatic heterocycles. The summed E-state index contributed by atoms with van der Waals surface area (Å²) in [7, 11) is 0. The van der Waals surface area contributed by atoms with E-state index in [1.807, 2.05) is 79.5 Å². The Kier molecular flexibility index (Phi) is 10.8. The van der Waals surface area contributed by atoms with Crippen LogP contribution in [0.5, 0.6) is 5.75 Å². The number of hydrogen-bond acceptors (Lipinski definition) is 4. The van der Waals surface area contributed by atoms with Crippen LogP contribution in [0.15, 0.2) is 96.1 Å². The quantitative estimate of drug-likeness (QED) is 0.147. The molecule has 3 aromatic carbocycles. The fourth-order valence-electron chi connectivity index (χ4n) is 4.08. The van der Waals surface area contributed by atoms with Crippen molar-refractivity contribution in [3.05, 3.63) is 102 Å². The van der Waals surface area contributed by atoms with Gasteiger partial charge in [0.1, 0.15) is 12.4 Å². The van der Waals surface area contributed by atoms with Crippen molar-refractivity contribution in [3.63, 3.8) is 0 Å². The Morgan fingerprint density at radius 1 is 0.972 bits per heavy atom. The lowest BCUT2D eigenvalue weighted by Crippen LogP contribution is -2.16. The van der Waals surface area contributed by atoms with Crippen LogP contribution < -0.4 is 9.75 Å². The molecule has 5 nitrogen and oxygen atoms in total. The minimum atomic E-state index is -0.684. The minimum Gasteiger partial charge on any atom is -0.488 e. The molecule has 0 saturated carbocycles. The van der Waals surface area contributed by atoms with Gasteiger partial charge in [-0.1, -0.05) is 80.1 Å². The van der Waals surface area contributed by atoms with E-state index in [0.717, 1.165) is 48.4 Å². The number of hydrogen-bond donors (Lipinski definition) is 1. The number of allylic oxidation sites excluding steroid dienone is 1. The first kappa shape index (κ1) is 26.7. The topological polar surface area (TPSA) is 62.1 Å². The Morgan fingerprint density at radius 3 is 2.25 bits per heavy atom. The van der Waals surface area contributed by atoms with Crippen molar-refractivity contribution in [1.82, 2.24) is 0 Å². The summed E-state index contributed by atoms with van der Waals surface area (Å²) in [5, 5.41) is 15.8. The highest BCUT2D eigenvalue weighted by Crippen LogP contribution is 2.26. The van der Waals surface area contributed by atoms with Gasteiger partial charge in [0.2, 0.25) is 0 Å². The number of carbonyl (C=O) groups is 1. The normalized spacial score (nSPS) is 12.4. The van der Waals surface area contributed by atoms with Crippen LogP contribution in [0.2, 0.25) is 0 Å². The zero-order valence-corrected chi connectivity index (χ0v) is 21.2. The number of carboxylic acids is 1. The van der Waals surface area contributed by atoms with Crippen LogP contribution >= 0.6 is 0 Å². The number of hydrazone groups is 1. The zero-order valence-electron chi connectivity index (χ0n) is 21.2. The van der Waals surface area contributed by atoms with Gasteiger partial charge in [-0.15, -0.1) is 0 Å². The fourth-order valence-corrected chi connectivity index (χ4v) is 4.08. The first-order chi connectivity index (χ1) is 17.6. The highest BCUT2D eigenvalue weighted by Gasteiger charge is 2.14. The lowest BCUT2D eigenvalue weighted by atomic mass is 9.97. The number of aryl methyl sites for hydroxylation is 1. The smallest absolute Gasteiger partial charge is 0.306 e. The first-order valence-electron chi connectivity index (χ1n) is 12.7. The molecule has 1 N–H and O–H groups in total. The summed E-state index contributed by atoms with van der Waals surface area (Å²) in [5.41, 5.74) is 4.29. The van der Waals surface area contributed by atoms with Crippen LogP contribution in [0.25, 0.3) is 5.70 Å². The molecule has 0 bridgehead atoms. The number of aliphatic carboxylic acids is 1. The van der Waals surface area contributed by atoms with Crippen molar-refractivity contribution in [2.45, 2.75) is 46.0 Å². The summed E-state index contributed by atoms with van der Waals surface area (Å²) in [6, 6.07) is 28.4. The predicted octanol–water partition coefficient (Wildman–Crippen LogP) is 7.44. The van der Waals surface area contributed by atoms with Crippen LogP contribution in [-0.2, 0) is 11.2 Å². The molecule has 0 fully saturated rings. The Bertz CT molecular complexity index is 1110. The number of nitrogens with zero attached hydrogens (tertiary/aromatic N) is 2. The number of para-hydroxylation sites is 1. The molecule has 0 aromatic heterocycles. The van der Waals surface area contributed by atoms with E-state index >= 15 is 0 Å². The summed E-state index contributed by atoms with van der Waals surface area (Å²) in [4.78, 5) is 11.1. The van der Waals surface area contributed by atoms with Gasteiger partial charge in [0, 0.05) is 0 Å². The molecular weight excluding hydrogens is 448 g/mol. The van der Waals surface area contributed by atoms with Gasteiger partial charge in [-0.05, 0) is 68.0 Å². The zero-order chi connectivity index (χ0) is 25.6. The van der Waals surface area contributed by atoms with Crippen LogP contribution in [-0.4, -0.2) is 23.9 Å². The van der Waals surface area contributed by atoms with Gasteiger partial charge in [-0.2, -0.15) is 5.10 Å². The number of carboxylic acid groups (broad SMARTS) is 1. The average Bonchev–Trinajstić information content (AvgIpc) is 2.92. The monoisotopic (exact) mass is 484 g/mol. The SMILES string of the molecule is C/C=C(/c1ccccc1)N(/N=C/COc1ccc(CCCCC(CC)C(=O)O)cc1)c1ccccc1. The van der Waals surface area contributed by atoms with E-state index < -0.39 is 5.97 Å². The van der Waals surface area contributed by atoms with Gasteiger partial charge in [0.15, 0.2) is 0 Å². The van der Waals surface area contributed by atoms with Gasteiger partial charge in [-0.3, -0.25) is 4.79 Å². The largest absolute Gasteiger partial charge is 0.488 e. The number of benzene rings is 3. The highest BCUT2D eigenvalue weighted by atomic mass is 16.5. The van der Waals surface area contributed by atoms with E-state index in [-0.39, 0.29) is 5.92 Å². The lowest BCUT2D eigenvalue weighted by molar-refractivity contribution is -0.142. The lowest BCUT2D eigenvalue weighted by Gasteiger charge is -2.22. The maximum Gasteiger partial charge on any atom is 0.306 e. The van der Waals surface area contributed by atoms with Crippen LogP contribution in [0.4, 0.5) is 5.69 Å². The standard InChI is InChI=1S/C31H36N2O3/c1-3-26(31(34)35)14-12-11-13-25-19-21-29(22-20-25)36-24-23-32-33(28-17-9-6-10-18-28)30(4-2)27-15-7-5-8-16-27/h4-10,15-23,26H,3,11-14,24H2,1-2H3,(H,34,35)/b30-4-,32-23+. The molecule has 0 saturated heterocycles. The maximum atomic E-state index is 11.1. The van der Waals surface area contributed by atoms with E-state index in [9.17, 15) is 4.79 Å². The van der Waals surface area contributed by atoms with Gasteiger partial charge < -0.3 is 9.84 Å². The molecule has 36 heavy (non-hydrogen) atoms. The second-order valence-electron chi connectivity index (χ2n) is 8.63. The Hall–Kier alpha value is -3.86. The minimum absolute atomic E-state index is 0.225. The second kappa shape index (κ2) is 14.5. The third-order valence-corrected chi connectivity index (χ3v) is 6.13. The second-order valence-corrected chi connectivity index (χ2v) is 8.63. The number of ether oxygens (including phenoxy) is 1. The average molecular weight is 485 g/mol. The van der Waals surface area contributed by atoms with Crippen LogP contribution in [0, 0.1) is 5.92 Å². The van der Waals surface area contributed by atoms with E-state index in [1.165, 1.54) is 5.56 Å². The Balaban J connectivity index is 1.55. The first-order valence-corrected chi connectivity index (χ1v) is 12.7. The molecule has 5 heteroatoms. The third-order valence-electron chi connectivity index (χ3n) is 6.13. The number of rotatable bonds is 14. The molecular formula is C31H36N2O3. The summed E-state index contributed by atoms with van der Waals surface area (Å²) in [6.45, 7) is 4.30. The van der Waals surface area contributed by atoms with Crippen molar-refractivity contribution in [2.75, 3.05) is 11.6 Å². The van der Waals surface area contributed by atoms with E-state index in [1.54, 1.807) is 6.21 Å². The molecule has 0 radical (unpaired) electrons. The van der Waals surface area contributed by atoms with Gasteiger partial charge in [-0.25, -0.2) is 5.01 Å². The number of unbranched alkanes of at least 4 members (excludes halogenated alkanes) is 1. The van der Waals surface area contributed by atoms with Crippen molar-refractivity contribution in [1.29, 1.82) is 0 Å². The summed E-state index contributed by atoms with van der Waals surface area (Å²) >= 11 is 0. The van der Waals surface area contributed by atoms with E-state index in [4.69, 9.17) is 14.9 Å². The predicted molar refractivity (Wildman–Crippen MR) is 148 cm³/mol. The summed E-state index contributed by atoms with van der Waals surface area (Å²) in [6.07, 6.45) is 8.12. The van der Waals surface area contributed by atoms with Crippen molar-refractivity contribution < 1.29 is 14.6 Å². The van der Waals surface area contributed by atoms with Crippen molar-refractivity contribution in [3.8, 4) is 5.75 Å². The van der Waals surface area contributed by atoms with E-state index in [0.29, 0.717) is 13.0 Å². The highest BCUT2D eigenvalue weighted by molar-refractivity contribution is 5.80. The molecule has 1 atom stereocenters. The molecule has 0 spiro atoms. The molecule has 3 rings (SSSR count). The molecule has 1 unspecified atom stereocenters. The van der Waals surface area contributed by atoms with Crippen molar-refractivity contribution >= 4 is 23.6 Å². The maximum absolute atomic E-state index is 11.1. The van der Waals surface area contributed by atoms with Gasteiger partial charge in [0.05, 0.1) is 23.5 Å². The molecule has 0 aliphatic rings. The summed E-state index contributed by atoms with van der Waals surface area (Å²) < 4.78 is 5.90.